The highest BCUT2D eigenvalue weighted by molar-refractivity contribution is 5.79. The summed E-state index contributed by atoms with van der Waals surface area (Å²) in [6.45, 7) is 8.74. The van der Waals surface area contributed by atoms with Gasteiger partial charge in [-0.15, -0.1) is 0 Å². The van der Waals surface area contributed by atoms with E-state index in [-0.39, 0.29) is 6.10 Å². The molecule has 0 bridgehead atoms. The van der Waals surface area contributed by atoms with Gasteiger partial charge in [0.15, 0.2) is 5.96 Å². The molecular weight excluding hydrogens is 302 g/mol. The molecular formula is C19H31N3O2. The minimum atomic E-state index is 0.284. The molecule has 1 N–H and O–H groups in total. The number of hydrogen-bond donors (Lipinski definition) is 1. The van der Waals surface area contributed by atoms with E-state index in [9.17, 15) is 0 Å². The van der Waals surface area contributed by atoms with Crippen LogP contribution in [0, 0.1) is 6.92 Å². The summed E-state index contributed by atoms with van der Waals surface area (Å²) < 4.78 is 11.2. The molecule has 0 amide bonds. The van der Waals surface area contributed by atoms with Crippen LogP contribution in [0.5, 0.6) is 0 Å². The SMILES string of the molecule is CCNC(=NCCOCC1CCCO1)N(C)Cc1ccc(C)cc1. The van der Waals surface area contributed by atoms with Crippen LogP contribution in [-0.4, -0.2) is 56.9 Å². The molecule has 1 heterocycles. The molecule has 1 aromatic carbocycles. The van der Waals surface area contributed by atoms with Crippen LogP contribution >= 0.6 is 0 Å². The Morgan fingerprint density at radius 1 is 1.38 bits per heavy atom. The van der Waals surface area contributed by atoms with Gasteiger partial charge >= 0.3 is 0 Å². The van der Waals surface area contributed by atoms with E-state index in [1.54, 1.807) is 0 Å². The molecule has 0 spiro atoms. The van der Waals surface area contributed by atoms with E-state index in [4.69, 9.17) is 9.47 Å². The molecule has 134 valence electrons. The highest BCUT2D eigenvalue weighted by Gasteiger charge is 2.15. The number of nitrogens with zero attached hydrogens (tertiary/aromatic N) is 2. The summed E-state index contributed by atoms with van der Waals surface area (Å²) in [6, 6.07) is 8.62. The quantitative estimate of drug-likeness (QED) is 0.451. The highest BCUT2D eigenvalue weighted by Crippen LogP contribution is 2.11. The molecule has 5 heteroatoms. The van der Waals surface area contributed by atoms with Crippen molar-refractivity contribution in [3.8, 4) is 0 Å². The van der Waals surface area contributed by atoms with Crippen molar-refractivity contribution in [3.05, 3.63) is 35.4 Å². The molecule has 0 aromatic heterocycles. The maximum atomic E-state index is 5.68. The maximum Gasteiger partial charge on any atom is 0.194 e. The van der Waals surface area contributed by atoms with Crippen LogP contribution in [0.2, 0.25) is 0 Å². The summed E-state index contributed by atoms with van der Waals surface area (Å²) in [5.41, 5.74) is 2.56. The molecule has 1 aliphatic rings. The molecule has 0 radical (unpaired) electrons. The van der Waals surface area contributed by atoms with Crippen molar-refractivity contribution in [2.45, 2.75) is 39.3 Å². The summed E-state index contributed by atoms with van der Waals surface area (Å²) in [5.74, 6) is 0.916. The first-order valence-corrected chi connectivity index (χ1v) is 8.93. The molecule has 5 nitrogen and oxygen atoms in total. The monoisotopic (exact) mass is 333 g/mol. The van der Waals surface area contributed by atoms with Crippen LogP contribution in [0.3, 0.4) is 0 Å². The van der Waals surface area contributed by atoms with Gasteiger partial charge in [-0.1, -0.05) is 29.8 Å². The summed E-state index contributed by atoms with van der Waals surface area (Å²) in [4.78, 5) is 6.80. The van der Waals surface area contributed by atoms with E-state index in [2.05, 4.69) is 60.4 Å². The van der Waals surface area contributed by atoms with Gasteiger partial charge in [0.25, 0.3) is 0 Å². The lowest BCUT2D eigenvalue weighted by atomic mass is 10.1. The molecule has 1 fully saturated rings. The van der Waals surface area contributed by atoms with Crippen molar-refractivity contribution in [1.29, 1.82) is 0 Å². The number of hydrogen-bond acceptors (Lipinski definition) is 3. The van der Waals surface area contributed by atoms with E-state index in [0.717, 1.165) is 38.5 Å². The fourth-order valence-electron chi connectivity index (χ4n) is 2.72. The second kappa shape index (κ2) is 10.3. The Morgan fingerprint density at radius 3 is 2.83 bits per heavy atom. The normalized spacial score (nSPS) is 18.0. The molecule has 1 unspecified atom stereocenters. The van der Waals surface area contributed by atoms with Crippen molar-refractivity contribution in [2.75, 3.05) is 40.0 Å². The Morgan fingerprint density at radius 2 is 2.17 bits per heavy atom. The molecule has 24 heavy (non-hydrogen) atoms. The highest BCUT2D eigenvalue weighted by atomic mass is 16.5. The van der Waals surface area contributed by atoms with Crippen molar-refractivity contribution >= 4 is 5.96 Å². The third-order valence-corrected chi connectivity index (χ3v) is 4.06. The van der Waals surface area contributed by atoms with Crippen molar-refractivity contribution in [3.63, 3.8) is 0 Å². The van der Waals surface area contributed by atoms with Crippen molar-refractivity contribution in [2.24, 2.45) is 4.99 Å². The van der Waals surface area contributed by atoms with Crippen LogP contribution in [0.15, 0.2) is 29.3 Å². The molecule has 1 saturated heterocycles. The zero-order valence-corrected chi connectivity index (χ0v) is 15.3. The number of ether oxygens (including phenoxy) is 2. The number of guanidine groups is 1. The molecule has 1 aromatic rings. The van der Waals surface area contributed by atoms with Crippen LogP contribution in [-0.2, 0) is 16.0 Å². The smallest absolute Gasteiger partial charge is 0.194 e. The average molecular weight is 333 g/mol. The van der Waals surface area contributed by atoms with Gasteiger partial charge in [0, 0.05) is 26.7 Å². The molecule has 1 atom stereocenters. The molecule has 1 aliphatic heterocycles. The number of rotatable bonds is 8. The Labute approximate surface area is 146 Å². The van der Waals surface area contributed by atoms with Gasteiger partial charge in [-0.2, -0.15) is 0 Å². The maximum absolute atomic E-state index is 5.68. The van der Waals surface area contributed by atoms with Crippen LogP contribution in [0.25, 0.3) is 0 Å². The average Bonchev–Trinajstić information content (AvgIpc) is 3.09. The molecule has 0 saturated carbocycles. The first-order chi connectivity index (χ1) is 11.7. The van der Waals surface area contributed by atoms with Gasteiger partial charge in [0.1, 0.15) is 0 Å². The number of aliphatic imine (C=N–C) groups is 1. The first-order valence-electron chi connectivity index (χ1n) is 8.93. The van der Waals surface area contributed by atoms with Gasteiger partial charge in [-0.3, -0.25) is 4.99 Å². The fraction of sp³-hybridized carbons (Fsp3) is 0.632. The molecule has 2 rings (SSSR count). The predicted molar refractivity (Wildman–Crippen MR) is 98.4 cm³/mol. The van der Waals surface area contributed by atoms with Crippen LogP contribution in [0.1, 0.15) is 30.9 Å². The van der Waals surface area contributed by atoms with Crippen LogP contribution in [0.4, 0.5) is 0 Å². The van der Waals surface area contributed by atoms with E-state index in [1.807, 2.05) is 0 Å². The summed E-state index contributed by atoms with van der Waals surface area (Å²) in [6.07, 6.45) is 2.55. The van der Waals surface area contributed by atoms with Gasteiger partial charge in [0.2, 0.25) is 0 Å². The summed E-state index contributed by atoms with van der Waals surface area (Å²) in [7, 11) is 2.06. The second-order valence-electron chi connectivity index (χ2n) is 6.29. The lowest BCUT2D eigenvalue weighted by molar-refractivity contribution is 0.0199. The van der Waals surface area contributed by atoms with Gasteiger partial charge in [-0.05, 0) is 32.3 Å². The van der Waals surface area contributed by atoms with Crippen LogP contribution < -0.4 is 5.32 Å². The minimum absolute atomic E-state index is 0.284. The van der Waals surface area contributed by atoms with Gasteiger partial charge in [-0.25, -0.2) is 0 Å². The second-order valence-corrected chi connectivity index (χ2v) is 6.29. The van der Waals surface area contributed by atoms with E-state index >= 15 is 0 Å². The summed E-state index contributed by atoms with van der Waals surface area (Å²) in [5, 5.41) is 3.34. The Kier molecular flexibility index (Phi) is 8.05. The predicted octanol–water partition coefficient (Wildman–Crippen LogP) is 2.59. The zero-order chi connectivity index (χ0) is 17.2. The van der Waals surface area contributed by atoms with E-state index in [1.165, 1.54) is 11.1 Å². The molecule has 0 aliphatic carbocycles. The fourth-order valence-corrected chi connectivity index (χ4v) is 2.72. The number of aryl methyl sites for hydroxylation is 1. The minimum Gasteiger partial charge on any atom is -0.377 e. The largest absolute Gasteiger partial charge is 0.377 e. The van der Waals surface area contributed by atoms with Crippen molar-refractivity contribution in [1.82, 2.24) is 10.2 Å². The van der Waals surface area contributed by atoms with Gasteiger partial charge in [0.05, 0.1) is 25.9 Å². The summed E-state index contributed by atoms with van der Waals surface area (Å²) >= 11 is 0. The van der Waals surface area contributed by atoms with E-state index < -0.39 is 0 Å². The zero-order valence-electron chi connectivity index (χ0n) is 15.3. The lowest BCUT2D eigenvalue weighted by Crippen LogP contribution is -2.38. The van der Waals surface area contributed by atoms with Gasteiger partial charge < -0.3 is 19.7 Å². The standard InChI is InChI=1S/C19H31N3O2/c1-4-20-19(21-11-13-23-15-18-6-5-12-24-18)22(3)14-17-9-7-16(2)8-10-17/h7-10,18H,4-6,11-15H2,1-3H3,(H,20,21). The Bertz CT molecular complexity index is 496. The Hall–Kier alpha value is -1.59. The third kappa shape index (κ3) is 6.49. The number of nitrogens with one attached hydrogen (secondary N) is 1. The third-order valence-electron chi connectivity index (χ3n) is 4.06. The topological polar surface area (TPSA) is 46.1 Å². The first kappa shape index (κ1) is 18.7. The lowest BCUT2D eigenvalue weighted by Gasteiger charge is -2.22. The van der Waals surface area contributed by atoms with E-state index in [0.29, 0.717) is 19.8 Å². The number of benzene rings is 1. The van der Waals surface area contributed by atoms with Crippen molar-refractivity contribution < 1.29 is 9.47 Å². The Balaban J connectivity index is 1.76.